The highest BCUT2D eigenvalue weighted by Gasteiger charge is 2.64. The topological polar surface area (TPSA) is 57.5 Å². The van der Waals surface area contributed by atoms with Gasteiger partial charge in [-0.15, -0.1) is 0 Å². The van der Waals surface area contributed by atoms with Gasteiger partial charge in [0.15, 0.2) is 5.78 Å². The van der Waals surface area contributed by atoms with Gasteiger partial charge in [-0.1, -0.05) is 54.0 Å². The van der Waals surface area contributed by atoms with E-state index in [1.807, 2.05) is 6.08 Å². The average Bonchev–Trinajstić information content (AvgIpc) is 2.85. The molecular weight excluding hydrogens is 408 g/mol. The Morgan fingerprint density at radius 3 is 2.00 bits per heavy atom. The van der Waals surface area contributed by atoms with Crippen LogP contribution in [0.1, 0.15) is 106 Å². The van der Waals surface area contributed by atoms with Crippen molar-refractivity contribution in [1.29, 1.82) is 0 Å². The van der Waals surface area contributed by atoms with Crippen LogP contribution in [0.2, 0.25) is 0 Å². The number of allylic oxidation sites excluding steroid dienone is 2. The van der Waals surface area contributed by atoms with Crippen LogP contribution < -0.4 is 0 Å². The van der Waals surface area contributed by atoms with E-state index < -0.39 is 6.10 Å². The van der Waals surface area contributed by atoms with Crippen LogP contribution >= 0.6 is 0 Å². The zero-order valence-electron chi connectivity index (χ0n) is 22.2. The molecule has 9 atom stereocenters. The third kappa shape index (κ3) is 3.09. The van der Waals surface area contributed by atoms with Crippen LogP contribution in [-0.2, 0) is 4.79 Å². The van der Waals surface area contributed by atoms with Crippen LogP contribution in [0.15, 0.2) is 11.6 Å². The third-order valence-corrected chi connectivity index (χ3v) is 12.6. The van der Waals surface area contributed by atoms with Gasteiger partial charge in [-0.2, -0.15) is 0 Å². The third-order valence-electron chi connectivity index (χ3n) is 12.6. The Morgan fingerprint density at radius 1 is 0.727 bits per heavy atom. The predicted molar refractivity (Wildman–Crippen MR) is 132 cm³/mol. The average molecular weight is 457 g/mol. The number of carbonyl (C=O) groups is 1. The summed E-state index contributed by atoms with van der Waals surface area (Å²) in [5.74, 6) is 1.86. The van der Waals surface area contributed by atoms with Gasteiger partial charge in [0.25, 0.3) is 0 Å². The summed E-state index contributed by atoms with van der Waals surface area (Å²) < 4.78 is 0. The zero-order valence-corrected chi connectivity index (χ0v) is 22.2. The summed E-state index contributed by atoms with van der Waals surface area (Å²) in [7, 11) is 0. The molecule has 33 heavy (non-hydrogen) atoms. The Balaban J connectivity index is 1.54. The largest absolute Gasteiger partial charge is 0.393 e. The number of carbonyl (C=O) groups excluding carboxylic acids is 1. The highest BCUT2D eigenvalue weighted by atomic mass is 16.3. The van der Waals surface area contributed by atoms with Gasteiger partial charge < -0.3 is 10.2 Å². The molecular formula is C30H48O3. The van der Waals surface area contributed by atoms with Crippen LogP contribution in [0.4, 0.5) is 0 Å². The standard InChI is InChI=1S/C30H48O3/c1-26(2)21-10-13-28(5)17-18-16-20(31)25-27(3,4)24(33)11-14-29(25,6)19(18)8-9-22(28)30(21,7)15-12-23(26)32/h16,19,21-25,32-33H,8-15,17H2,1-7H3/t19-,21-,22-,23+,24+,25-,28-,29+,30-/m1/s1. The Bertz CT molecular complexity index is 870. The molecule has 3 heteroatoms. The molecule has 0 saturated heterocycles. The van der Waals surface area contributed by atoms with Crippen molar-refractivity contribution < 1.29 is 15.0 Å². The van der Waals surface area contributed by atoms with E-state index in [2.05, 4.69) is 48.5 Å². The lowest BCUT2D eigenvalue weighted by atomic mass is 9.42. The van der Waals surface area contributed by atoms with E-state index in [0.29, 0.717) is 17.8 Å². The SMILES string of the molecule is CC1(C)[C@H]2CC[C@]3(C)CC4=CC(=O)[C@@H]5C(C)(C)[C@@H](O)CC[C@@]5(C)[C@@H]4CC[C@H]3[C@]2(C)CC[C@@H]1O. The van der Waals surface area contributed by atoms with Gasteiger partial charge in [0.2, 0.25) is 0 Å². The molecule has 5 aliphatic carbocycles. The molecule has 0 aliphatic heterocycles. The first-order chi connectivity index (χ1) is 15.2. The summed E-state index contributed by atoms with van der Waals surface area (Å²) in [6.07, 6.45) is 11.1. The second-order valence-electron chi connectivity index (χ2n) is 14.9. The van der Waals surface area contributed by atoms with Crippen molar-refractivity contribution in [3.8, 4) is 0 Å². The van der Waals surface area contributed by atoms with E-state index in [4.69, 9.17) is 0 Å². The zero-order chi connectivity index (χ0) is 24.2. The summed E-state index contributed by atoms with van der Waals surface area (Å²) in [5.41, 5.74) is 1.48. The highest BCUT2D eigenvalue weighted by Crippen LogP contribution is 2.70. The molecule has 5 aliphatic rings. The van der Waals surface area contributed by atoms with E-state index in [1.165, 1.54) is 31.3 Å². The van der Waals surface area contributed by atoms with E-state index in [-0.39, 0.29) is 44.9 Å². The highest BCUT2D eigenvalue weighted by molar-refractivity contribution is 5.95. The molecule has 0 heterocycles. The van der Waals surface area contributed by atoms with Crippen LogP contribution in [0.25, 0.3) is 0 Å². The van der Waals surface area contributed by atoms with Crippen LogP contribution in [0.3, 0.4) is 0 Å². The quantitative estimate of drug-likeness (QED) is 0.448. The molecule has 0 spiro atoms. The molecule has 0 radical (unpaired) electrons. The fourth-order valence-corrected chi connectivity index (χ4v) is 10.9. The van der Waals surface area contributed by atoms with Gasteiger partial charge in [0, 0.05) is 11.3 Å². The minimum atomic E-state index is -0.393. The van der Waals surface area contributed by atoms with Crippen LogP contribution in [-0.4, -0.2) is 28.2 Å². The molecule has 4 fully saturated rings. The molecule has 2 N–H and O–H groups in total. The van der Waals surface area contributed by atoms with Crippen molar-refractivity contribution in [2.24, 2.45) is 50.7 Å². The lowest BCUT2D eigenvalue weighted by Crippen LogP contribution is -2.58. The maximum Gasteiger partial charge on any atom is 0.159 e. The van der Waals surface area contributed by atoms with Crippen molar-refractivity contribution in [1.82, 2.24) is 0 Å². The van der Waals surface area contributed by atoms with Gasteiger partial charge in [-0.05, 0) is 103 Å². The first-order valence-corrected chi connectivity index (χ1v) is 13.8. The van der Waals surface area contributed by atoms with Crippen LogP contribution in [0.5, 0.6) is 0 Å². The van der Waals surface area contributed by atoms with Crippen molar-refractivity contribution >= 4 is 5.78 Å². The summed E-state index contributed by atoms with van der Waals surface area (Å²) in [5, 5.41) is 21.7. The van der Waals surface area contributed by atoms with Crippen molar-refractivity contribution in [2.45, 2.75) is 118 Å². The predicted octanol–water partition coefficient (Wildman–Crippen LogP) is 6.32. The maximum absolute atomic E-state index is 13.6. The number of aliphatic hydroxyl groups excluding tert-OH is 2. The fraction of sp³-hybridized carbons (Fsp3) is 0.900. The minimum absolute atomic E-state index is 0.0246. The summed E-state index contributed by atoms with van der Waals surface area (Å²) in [4.78, 5) is 13.6. The van der Waals surface area contributed by atoms with E-state index in [0.717, 1.165) is 32.1 Å². The lowest BCUT2D eigenvalue weighted by Gasteiger charge is -2.63. The molecule has 0 aromatic carbocycles. The van der Waals surface area contributed by atoms with Gasteiger partial charge >= 0.3 is 0 Å². The Labute approximate surface area is 201 Å². The Morgan fingerprint density at radius 2 is 1.33 bits per heavy atom. The van der Waals surface area contributed by atoms with Crippen molar-refractivity contribution in [3.05, 3.63) is 11.6 Å². The molecule has 4 saturated carbocycles. The van der Waals surface area contributed by atoms with Gasteiger partial charge in [0.05, 0.1) is 12.2 Å². The second-order valence-corrected chi connectivity index (χ2v) is 14.9. The minimum Gasteiger partial charge on any atom is -0.393 e. The fourth-order valence-electron chi connectivity index (χ4n) is 10.9. The van der Waals surface area contributed by atoms with Crippen molar-refractivity contribution in [2.75, 3.05) is 0 Å². The Kier molecular flexibility index (Phi) is 5.24. The molecule has 0 bridgehead atoms. The number of fused-ring (bicyclic) bond motifs is 6. The number of hydrogen-bond acceptors (Lipinski definition) is 3. The maximum atomic E-state index is 13.6. The van der Waals surface area contributed by atoms with Gasteiger partial charge in [0.1, 0.15) is 0 Å². The first kappa shape index (κ1) is 24.0. The lowest BCUT2D eigenvalue weighted by molar-refractivity contribution is -0.170. The molecule has 5 rings (SSSR count). The monoisotopic (exact) mass is 456 g/mol. The summed E-state index contributed by atoms with van der Waals surface area (Å²) >= 11 is 0. The van der Waals surface area contributed by atoms with E-state index >= 15 is 0 Å². The molecule has 3 nitrogen and oxygen atoms in total. The van der Waals surface area contributed by atoms with Gasteiger partial charge in [-0.25, -0.2) is 0 Å². The molecule has 0 aromatic rings. The Hall–Kier alpha value is -0.670. The number of ketones is 1. The smallest absolute Gasteiger partial charge is 0.159 e. The first-order valence-electron chi connectivity index (χ1n) is 13.8. The number of hydrogen-bond donors (Lipinski definition) is 2. The van der Waals surface area contributed by atoms with Crippen molar-refractivity contribution in [3.63, 3.8) is 0 Å². The van der Waals surface area contributed by atoms with Crippen LogP contribution in [0, 0.1) is 50.7 Å². The number of rotatable bonds is 0. The number of aliphatic hydroxyl groups is 2. The van der Waals surface area contributed by atoms with Gasteiger partial charge in [-0.3, -0.25) is 4.79 Å². The van der Waals surface area contributed by atoms with E-state index in [1.54, 1.807) is 0 Å². The molecule has 186 valence electrons. The summed E-state index contributed by atoms with van der Waals surface area (Å²) in [6.45, 7) is 16.3. The second kappa shape index (κ2) is 7.19. The molecule has 0 amide bonds. The summed E-state index contributed by atoms with van der Waals surface area (Å²) in [6, 6.07) is 0. The molecule has 0 unspecified atom stereocenters. The molecule has 0 aromatic heterocycles. The van der Waals surface area contributed by atoms with E-state index in [9.17, 15) is 15.0 Å². The normalized spacial score (nSPS) is 53.0.